The second kappa shape index (κ2) is 9.80. The van der Waals surface area contributed by atoms with Crippen molar-refractivity contribution in [3.05, 3.63) is 64.9 Å². The van der Waals surface area contributed by atoms with Crippen molar-refractivity contribution in [2.75, 3.05) is 11.1 Å². The lowest BCUT2D eigenvalue weighted by atomic mass is 10.1. The van der Waals surface area contributed by atoms with Crippen LogP contribution in [0, 0.1) is 0 Å². The van der Waals surface area contributed by atoms with Gasteiger partial charge in [0.15, 0.2) is 17.1 Å². The Morgan fingerprint density at radius 1 is 1.21 bits per heavy atom. The van der Waals surface area contributed by atoms with Gasteiger partial charge in [-0.15, -0.1) is 10.2 Å². The topological polar surface area (TPSA) is 69.0 Å². The molecule has 0 bridgehead atoms. The zero-order valence-electron chi connectivity index (χ0n) is 16.6. The molecule has 0 spiro atoms. The third kappa shape index (κ3) is 5.52. The molecule has 1 amide bonds. The fourth-order valence-electron chi connectivity index (χ4n) is 2.74. The maximum absolute atomic E-state index is 12.2. The minimum absolute atomic E-state index is 0.0934. The number of thioether (sulfide) groups is 1. The van der Waals surface area contributed by atoms with Gasteiger partial charge in [-0.25, -0.2) is 0 Å². The average Bonchev–Trinajstić information content (AvgIpc) is 3.09. The van der Waals surface area contributed by atoms with Crippen molar-refractivity contribution >= 4 is 35.0 Å². The Hall–Kier alpha value is -2.51. The van der Waals surface area contributed by atoms with Gasteiger partial charge in [-0.05, 0) is 43.2 Å². The Kier molecular flexibility index (Phi) is 7.17. The molecule has 29 heavy (non-hydrogen) atoms. The average molecular weight is 431 g/mol. The molecule has 0 aliphatic heterocycles. The fraction of sp³-hybridized carbons (Fsp3) is 0.286. The van der Waals surface area contributed by atoms with E-state index < -0.39 is 0 Å². The summed E-state index contributed by atoms with van der Waals surface area (Å²) in [5, 5.41) is 12.5. The van der Waals surface area contributed by atoms with Crippen molar-refractivity contribution in [2.24, 2.45) is 7.05 Å². The quantitative estimate of drug-likeness (QED) is 0.514. The molecule has 0 aliphatic carbocycles. The number of hydrogen-bond acceptors (Lipinski definition) is 5. The Morgan fingerprint density at radius 2 is 1.93 bits per heavy atom. The molecule has 0 radical (unpaired) electrons. The first-order chi connectivity index (χ1) is 14.0. The Morgan fingerprint density at radius 3 is 2.62 bits per heavy atom. The molecule has 6 nitrogen and oxygen atoms in total. The number of anilines is 1. The number of halogens is 1. The van der Waals surface area contributed by atoms with Gasteiger partial charge in [0.1, 0.15) is 5.75 Å². The molecule has 1 aromatic heterocycles. The van der Waals surface area contributed by atoms with Crippen LogP contribution >= 0.6 is 23.4 Å². The summed E-state index contributed by atoms with van der Waals surface area (Å²) < 4.78 is 7.73. The molecule has 1 heterocycles. The highest BCUT2D eigenvalue weighted by Crippen LogP contribution is 2.29. The molecule has 152 valence electrons. The van der Waals surface area contributed by atoms with Gasteiger partial charge < -0.3 is 14.6 Å². The first kappa shape index (κ1) is 21.2. The van der Waals surface area contributed by atoms with Gasteiger partial charge >= 0.3 is 0 Å². The zero-order valence-corrected chi connectivity index (χ0v) is 18.1. The molecule has 0 fully saturated rings. The van der Waals surface area contributed by atoms with Gasteiger partial charge in [0.25, 0.3) is 0 Å². The normalized spacial score (nSPS) is 11.9. The van der Waals surface area contributed by atoms with E-state index in [1.165, 1.54) is 17.3 Å². The van der Waals surface area contributed by atoms with E-state index in [1.54, 1.807) is 6.07 Å². The van der Waals surface area contributed by atoms with Crippen LogP contribution in [0.3, 0.4) is 0 Å². The molecule has 0 saturated carbocycles. The molecule has 2 aromatic carbocycles. The highest BCUT2D eigenvalue weighted by molar-refractivity contribution is 7.99. The lowest BCUT2D eigenvalue weighted by Crippen LogP contribution is -2.15. The number of carbonyl (C=O) groups is 1. The van der Waals surface area contributed by atoms with Crippen molar-refractivity contribution in [1.82, 2.24) is 14.8 Å². The van der Waals surface area contributed by atoms with Crippen LogP contribution < -0.4 is 10.1 Å². The van der Waals surface area contributed by atoms with Gasteiger partial charge in [-0.1, -0.05) is 54.6 Å². The van der Waals surface area contributed by atoms with E-state index in [0.717, 1.165) is 12.1 Å². The van der Waals surface area contributed by atoms with Crippen LogP contribution in [0.2, 0.25) is 5.02 Å². The highest BCUT2D eigenvalue weighted by atomic mass is 35.5. The number of amides is 1. The molecule has 3 aromatic rings. The highest BCUT2D eigenvalue weighted by Gasteiger charge is 2.19. The lowest BCUT2D eigenvalue weighted by molar-refractivity contribution is -0.113. The number of rotatable bonds is 8. The molecule has 1 N–H and O–H groups in total. The van der Waals surface area contributed by atoms with E-state index in [1.807, 2.05) is 61.0 Å². The monoisotopic (exact) mass is 430 g/mol. The minimum Gasteiger partial charge on any atom is -0.481 e. The maximum Gasteiger partial charge on any atom is 0.234 e. The predicted octanol–water partition coefficient (Wildman–Crippen LogP) is 4.90. The van der Waals surface area contributed by atoms with Crippen molar-refractivity contribution in [3.8, 4) is 5.75 Å². The van der Waals surface area contributed by atoms with E-state index in [9.17, 15) is 4.79 Å². The standard InChI is InChI=1S/C21H23ClN4O2S/c1-4-15-9-11-16(12-10-15)23-19(27)13-29-21-25-24-20(26(21)3)14(2)28-18-8-6-5-7-17(18)22/h5-12,14H,4,13H2,1-3H3,(H,23,27). The van der Waals surface area contributed by atoms with E-state index in [0.29, 0.717) is 21.8 Å². The molecule has 0 saturated heterocycles. The summed E-state index contributed by atoms with van der Waals surface area (Å²) in [5.41, 5.74) is 2.02. The molecular weight excluding hydrogens is 408 g/mol. The summed E-state index contributed by atoms with van der Waals surface area (Å²) in [4.78, 5) is 12.2. The summed E-state index contributed by atoms with van der Waals surface area (Å²) in [6.07, 6.45) is 0.629. The Labute approximate surface area is 179 Å². The zero-order chi connectivity index (χ0) is 20.8. The summed E-state index contributed by atoms with van der Waals surface area (Å²) in [6.45, 7) is 3.98. The van der Waals surface area contributed by atoms with E-state index in [4.69, 9.17) is 16.3 Å². The number of nitrogens with one attached hydrogen (secondary N) is 1. The number of aromatic nitrogens is 3. The van der Waals surface area contributed by atoms with Crippen molar-refractivity contribution in [2.45, 2.75) is 31.5 Å². The number of carbonyl (C=O) groups excluding carboxylic acids is 1. The van der Waals surface area contributed by atoms with E-state index in [2.05, 4.69) is 22.4 Å². The number of nitrogens with zero attached hydrogens (tertiary/aromatic N) is 3. The van der Waals surface area contributed by atoms with Gasteiger partial charge in [-0.2, -0.15) is 0 Å². The number of aryl methyl sites for hydroxylation is 1. The Balaban J connectivity index is 1.57. The van der Waals surface area contributed by atoms with Crippen molar-refractivity contribution < 1.29 is 9.53 Å². The smallest absolute Gasteiger partial charge is 0.234 e. The van der Waals surface area contributed by atoms with Crippen LogP contribution in [0.1, 0.15) is 31.3 Å². The largest absolute Gasteiger partial charge is 0.481 e. The lowest BCUT2D eigenvalue weighted by Gasteiger charge is -2.15. The molecule has 0 aliphatic rings. The second-order valence-electron chi connectivity index (χ2n) is 6.48. The van der Waals surface area contributed by atoms with E-state index >= 15 is 0 Å². The first-order valence-electron chi connectivity index (χ1n) is 9.30. The number of benzene rings is 2. The van der Waals surface area contributed by atoms with Crippen LogP contribution in [0.25, 0.3) is 0 Å². The van der Waals surface area contributed by atoms with Crippen molar-refractivity contribution in [3.63, 3.8) is 0 Å². The molecular formula is C21H23ClN4O2S. The summed E-state index contributed by atoms with van der Waals surface area (Å²) >= 11 is 7.48. The number of ether oxygens (including phenoxy) is 1. The molecule has 8 heteroatoms. The first-order valence-corrected chi connectivity index (χ1v) is 10.7. The van der Waals surface area contributed by atoms with Gasteiger partial charge in [0.05, 0.1) is 10.8 Å². The second-order valence-corrected chi connectivity index (χ2v) is 7.83. The molecule has 1 atom stereocenters. The van der Waals surface area contributed by atoms with Crippen LogP contribution in [-0.4, -0.2) is 26.4 Å². The molecule has 3 rings (SSSR count). The van der Waals surface area contributed by atoms with Crippen LogP contribution in [-0.2, 0) is 18.3 Å². The number of para-hydroxylation sites is 1. The summed E-state index contributed by atoms with van der Waals surface area (Å²) in [6, 6.07) is 15.1. The summed E-state index contributed by atoms with van der Waals surface area (Å²) in [5.74, 6) is 1.39. The van der Waals surface area contributed by atoms with Crippen LogP contribution in [0.15, 0.2) is 53.7 Å². The van der Waals surface area contributed by atoms with Crippen LogP contribution in [0.5, 0.6) is 5.75 Å². The Bertz CT molecular complexity index is 975. The van der Waals surface area contributed by atoms with Gasteiger partial charge in [-0.3, -0.25) is 4.79 Å². The summed E-state index contributed by atoms with van der Waals surface area (Å²) in [7, 11) is 1.85. The molecule has 1 unspecified atom stereocenters. The third-order valence-corrected chi connectivity index (χ3v) is 5.68. The maximum atomic E-state index is 12.2. The predicted molar refractivity (Wildman–Crippen MR) is 117 cm³/mol. The van der Waals surface area contributed by atoms with Crippen molar-refractivity contribution in [1.29, 1.82) is 0 Å². The van der Waals surface area contributed by atoms with Gasteiger partial charge in [0.2, 0.25) is 5.91 Å². The number of hydrogen-bond donors (Lipinski definition) is 1. The minimum atomic E-state index is -0.340. The fourth-order valence-corrected chi connectivity index (χ4v) is 3.64. The SMILES string of the molecule is CCc1ccc(NC(=O)CSc2nnc(C(C)Oc3ccccc3Cl)n2C)cc1. The van der Waals surface area contributed by atoms with Gasteiger partial charge in [0, 0.05) is 12.7 Å². The van der Waals surface area contributed by atoms with Crippen LogP contribution in [0.4, 0.5) is 5.69 Å². The third-order valence-electron chi connectivity index (χ3n) is 4.35. The van der Waals surface area contributed by atoms with E-state index in [-0.39, 0.29) is 17.8 Å².